The maximum Gasteiger partial charge on any atom is 0.322 e. The van der Waals surface area contributed by atoms with E-state index in [4.69, 9.17) is 21.1 Å². The highest BCUT2D eigenvalue weighted by molar-refractivity contribution is 6.28. The van der Waals surface area contributed by atoms with E-state index in [0.29, 0.717) is 25.8 Å². The van der Waals surface area contributed by atoms with E-state index in [1.54, 1.807) is 6.08 Å². The molecule has 2 heterocycles. The lowest BCUT2D eigenvalue weighted by atomic mass is 10.4. The summed E-state index contributed by atoms with van der Waals surface area (Å²) in [6.45, 7) is 6.68. The van der Waals surface area contributed by atoms with Crippen molar-refractivity contribution in [1.29, 1.82) is 0 Å². The molecule has 0 N–H and O–H groups in total. The van der Waals surface area contributed by atoms with Crippen LogP contribution in [-0.2, 0) is 4.74 Å². The molecule has 0 radical (unpaired) electrons. The fourth-order valence-corrected chi connectivity index (χ4v) is 1.57. The van der Waals surface area contributed by atoms with E-state index in [0.717, 1.165) is 13.1 Å². The van der Waals surface area contributed by atoms with E-state index < -0.39 is 0 Å². The predicted octanol–water partition coefficient (Wildman–Crippen LogP) is 0.926. The van der Waals surface area contributed by atoms with Gasteiger partial charge in [0.15, 0.2) is 0 Å². The molecule has 2 rings (SSSR count). The molecule has 92 valence electrons. The topological polar surface area (TPSA) is 60.4 Å². The molecule has 17 heavy (non-hydrogen) atoms. The van der Waals surface area contributed by atoms with Gasteiger partial charge in [0.2, 0.25) is 11.2 Å². The van der Waals surface area contributed by atoms with Gasteiger partial charge in [0.05, 0.1) is 13.2 Å². The van der Waals surface area contributed by atoms with Gasteiger partial charge in [-0.1, -0.05) is 12.7 Å². The second kappa shape index (κ2) is 5.79. The van der Waals surface area contributed by atoms with E-state index in [1.807, 2.05) is 4.90 Å². The van der Waals surface area contributed by atoms with Crippen molar-refractivity contribution in [1.82, 2.24) is 15.0 Å². The third-order valence-corrected chi connectivity index (χ3v) is 2.37. The van der Waals surface area contributed by atoms with Crippen molar-refractivity contribution in [2.75, 3.05) is 37.8 Å². The van der Waals surface area contributed by atoms with E-state index in [-0.39, 0.29) is 11.3 Å². The Kier molecular flexibility index (Phi) is 4.11. The number of morpholine rings is 1. The lowest BCUT2D eigenvalue weighted by Crippen LogP contribution is -2.37. The fourth-order valence-electron chi connectivity index (χ4n) is 1.42. The molecular weight excluding hydrogens is 244 g/mol. The summed E-state index contributed by atoms with van der Waals surface area (Å²) in [7, 11) is 0. The number of anilines is 1. The number of ether oxygens (including phenoxy) is 2. The van der Waals surface area contributed by atoms with E-state index >= 15 is 0 Å². The smallest absolute Gasteiger partial charge is 0.322 e. The predicted molar refractivity (Wildman–Crippen MR) is 63.6 cm³/mol. The monoisotopic (exact) mass is 256 g/mol. The molecule has 0 bridgehead atoms. The number of nitrogens with zero attached hydrogens (tertiary/aromatic N) is 4. The van der Waals surface area contributed by atoms with Crippen molar-refractivity contribution in [2.45, 2.75) is 0 Å². The van der Waals surface area contributed by atoms with Crippen LogP contribution in [0.5, 0.6) is 6.01 Å². The summed E-state index contributed by atoms with van der Waals surface area (Å²) >= 11 is 5.82. The average Bonchev–Trinajstić information content (AvgIpc) is 2.37. The van der Waals surface area contributed by atoms with Crippen LogP contribution in [-0.4, -0.2) is 47.9 Å². The van der Waals surface area contributed by atoms with E-state index in [1.165, 1.54) is 0 Å². The van der Waals surface area contributed by atoms with Crippen molar-refractivity contribution < 1.29 is 9.47 Å². The standard InChI is InChI=1S/C10H13ClN4O2/c1-2-5-17-10-13-8(11)12-9(14-10)15-3-6-16-7-4-15/h2H,1,3-7H2. The zero-order valence-electron chi connectivity index (χ0n) is 9.30. The molecule has 1 aromatic rings. The van der Waals surface area contributed by atoms with Gasteiger partial charge in [-0.2, -0.15) is 15.0 Å². The van der Waals surface area contributed by atoms with Crippen LogP contribution >= 0.6 is 11.6 Å². The van der Waals surface area contributed by atoms with Crippen molar-refractivity contribution in [3.05, 3.63) is 17.9 Å². The number of halogens is 1. The van der Waals surface area contributed by atoms with Crippen LogP contribution in [0.15, 0.2) is 12.7 Å². The average molecular weight is 257 g/mol. The highest BCUT2D eigenvalue weighted by Crippen LogP contribution is 2.16. The quantitative estimate of drug-likeness (QED) is 0.747. The number of hydrogen-bond acceptors (Lipinski definition) is 6. The second-order valence-electron chi connectivity index (χ2n) is 3.39. The molecular formula is C10H13ClN4O2. The molecule has 1 fully saturated rings. The molecule has 1 aromatic heterocycles. The summed E-state index contributed by atoms with van der Waals surface area (Å²) < 4.78 is 10.5. The fraction of sp³-hybridized carbons (Fsp3) is 0.500. The third kappa shape index (κ3) is 3.28. The number of aromatic nitrogens is 3. The molecule has 1 aliphatic rings. The van der Waals surface area contributed by atoms with Crippen LogP contribution in [0, 0.1) is 0 Å². The van der Waals surface area contributed by atoms with Crippen molar-refractivity contribution in [2.24, 2.45) is 0 Å². The van der Waals surface area contributed by atoms with Gasteiger partial charge in [-0.25, -0.2) is 0 Å². The Labute approximate surface area is 104 Å². The first-order chi connectivity index (χ1) is 8.29. The summed E-state index contributed by atoms with van der Waals surface area (Å²) in [4.78, 5) is 14.1. The Morgan fingerprint density at radius 3 is 2.82 bits per heavy atom. The van der Waals surface area contributed by atoms with Gasteiger partial charge < -0.3 is 14.4 Å². The minimum absolute atomic E-state index is 0.126. The zero-order valence-corrected chi connectivity index (χ0v) is 10.1. The Morgan fingerprint density at radius 2 is 2.12 bits per heavy atom. The summed E-state index contributed by atoms with van der Waals surface area (Å²) in [5.74, 6) is 0.521. The van der Waals surface area contributed by atoms with Crippen LogP contribution < -0.4 is 9.64 Å². The Morgan fingerprint density at radius 1 is 1.35 bits per heavy atom. The lowest BCUT2D eigenvalue weighted by Gasteiger charge is -2.26. The van der Waals surface area contributed by atoms with Crippen LogP contribution in [0.2, 0.25) is 5.28 Å². The largest absolute Gasteiger partial charge is 0.459 e. The van der Waals surface area contributed by atoms with Crippen molar-refractivity contribution >= 4 is 17.5 Å². The van der Waals surface area contributed by atoms with E-state index in [9.17, 15) is 0 Å². The van der Waals surface area contributed by atoms with E-state index in [2.05, 4.69) is 21.5 Å². The van der Waals surface area contributed by atoms with Gasteiger partial charge in [0, 0.05) is 13.1 Å². The van der Waals surface area contributed by atoms with Gasteiger partial charge >= 0.3 is 6.01 Å². The first-order valence-corrected chi connectivity index (χ1v) is 5.65. The molecule has 0 aromatic carbocycles. The van der Waals surface area contributed by atoms with Crippen molar-refractivity contribution in [3.8, 4) is 6.01 Å². The molecule has 0 saturated carbocycles. The van der Waals surface area contributed by atoms with Crippen LogP contribution in [0.1, 0.15) is 0 Å². The molecule has 0 aliphatic carbocycles. The molecule has 1 saturated heterocycles. The number of rotatable bonds is 4. The normalized spacial score (nSPS) is 15.7. The molecule has 0 amide bonds. The maximum absolute atomic E-state index is 5.82. The van der Waals surface area contributed by atoms with Crippen LogP contribution in [0.4, 0.5) is 5.95 Å². The zero-order chi connectivity index (χ0) is 12.1. The van der Waals surface area contributed by atoms with Gasteiger partial charge in [-0.15, -0.1) is 0 Å². The Hall–Kier alpha value is -1.40. The first kappa shape index (κ1) is 12.1. The van der Waals surface area contributed by atoms with Gasteiger partial charge in [0.25, 0.3) is 0 Å². The summed E-state index contributed by atoms with van der Waals surface area (Å²) in [5.41, 5.74) is 0. The SMILES string of the molecule is C=CCOc1nc(Cl)nc(N2CCOCC2)n1. The Balaban J connectivity index is 2.14. The van der Waals surface area contributed by atoms with Gasteiger partial charge in [-0.05, 0) is 11.6 Å². The second-order valence-corrected chi connectivity index (χ2v) is 3.72. The first-order valence-electron chi connectivity index (χ1n) is 5.27. The molecule has 1 aliphatic heterocycles. The number of hydrogen-bond donors (Lipinski definition) is 0. The van der Waals surface area contributed by atoms with Gasteiger partial charge in [-0.3, -0.25) is 0 Å². The highest BCUT2D eigenvalue weighted by atomic mass is 35.5. The maximum atomic E-state index is 5.82. The minimum Gasteiger partial charge on any atom is -0.459 e. The summed E-state index contributed by atoms with van der Waals surface area (Å²) in [6, 6.07) is 0.214. The minimum atomic E-state index is 0.126. The lowest BCUT2D eigenvalue weighted by molar-refractivity contribution is 0.122. The van der Waals surface area contributed by atoms with Gasteiger partial charge in [0.1, 0.15) is 6.61 Å². The molecule has 0 spiro atoms. The van der Waals surface area contributed by atoms with Crippen LogP contribution in [0.25, 0.3) is 0 Å². The molecule has 0 unspecified atom stereocenters. The third-order valence-electron chi connectivity index (χ3n) is 2.20. The summed E-state index contributed by atoms with van der Waals surface area (Å²) in [6.07, 6.45) is 1.62. The molecule has 0 atom stereocenters. The van der Waals surface area contributed by atoms with Crippen molar-refractivity contribution in [3.63, 3.8) is 0 Å². The molecule has 6 nitrogen and oxygen atoms in total. The summed E-state index contributed by atoms with van der Waals surface area (Å²) in [5, 5.41) is 0.126. The molecule has 7 heteroatoms. The highest BCUT2D eigenvalue weighted by Gasteiger charge is 2.16. The Bertz CT molecular complexity index is 396. The van der Waals surface area contributed by atoms with Crippen LogP contribution in [0.3, 0.4) is 0 Å².